The molecule has 0 amide bonds. The monoisotopic (exact) mass is 334 g/mol. The number of rotatable bonds is 2. The van der Waals surface area contributed by atoms with E-state index in [4.69, 9.17) is 11.6 Å². The normalized spacial score (nSPS) is 28.3. The molecule has 1 aliphatic heterocycles. The highest BCUT2D eigenvalue weighted by molar-refractivity contribution is 7.91. The summed E-state index contributed by atoms with van der Waals surface area (Å²) in [6, 6.07) is 0. The van der Waals surface area contributed by atoms with E-state index in [0.29, 0.717) is 33.4 Å². The van der Waals surface area contributed by atoms with Crippen molar-refractivity contribution in [2.24, 2.45) is 11.8 Å². The van der Waals surface area contributed by atoms with E-state index >= 15 is 0 Å². The van der Waals surface area contributed by atoms with E-state index in [9.17, 15) is 8.42 Å². The van der Waals surface area contributed by atoms with Crippen LogP contribution in [0.5, 0.6) is 0 Å². The van der Waals surface area contributed by atoms with Gasteiger partial charge in [-0.2, -0.15) is 4.31 Å². The van der Waals surface area contributed by atoms with Crippen molar-refractivity contribution >= 4 is 33.0 Å². The highest BCUT2D eigenvalue weighted by Gasteiger charge is 2.37. The standard InChI is InChI=1S/C13H19ClN2O2S2/c1-9-12(19-13(14)15-9)20(17,18)16-7-6-10-4-2-3-5-11(10)8-16/h10-11H,2-8H2,1H3. The zero-order chi connectivity index (χ0) is 14.3. The fraction of sp³-hybridized carbons (Fsp3) is 0.769. The van der Waals surface area contributed by atoms with Gasteiger partial charge in [-0.1, -0.05) is 42.2 Å². The second kappa shape index (κ2) is 5.55. The summed E-state index contributed by atoms with van der Waals surface area (Å²) in [6.45, 7) is 3.02. The molecule has 1 saturated carbocycles. The van der Waals surface area contributed by atoms with Gasteiger partial charge >= 0.3 is 0 Å². The number of fused-ring (bicyclic) bond motifs is 1. The molecule has 20 heavy (non-hydrogen) atoms. The first kappa shape index (κ1) is 14.8. The topological polar surface area (TPSA) is 50.3 Å². The van der Waals surface area contributed by atoms with Crippen molar-refractivity contribution in [3.8, 4) is 0 Å². The molecule has 2 atom stereocenters. The Hall–Kier alpha value is -0.170. The van der Waals surface area contributed by atoms with Gasteiger partial charge < -0.3 is 0 Å². The highest BCUT2D eigenvalue weighted by Crippen LogP contribution is 2.39. The molecule has 2 unspecified atom stereocenters. The molecule has 0 spiro atoms. The quantitative estimate of drug-likeness (QED) is 0.833. The molecule has 1 aromatic heterocycles. The van der Waals surface area contributed by atoms with Crippen LogP contribution in [-0.2, 0) is 10.0 Å². The number of halogens is 1. The minimum Gasteiger partial charge on any atom is -0.229 e. The molecule has 2 aliphatic rings. The lowest BCUT2D eigenvalue weighted by Gasteiger charge is -2.40. The van der Waals surface area contributed by atoms with Crippen molar-refractivity contribution in [2.45, 2.75) is 43.2 Å². The number of piperidine rings is 1. The zero-order valence-electron chi connectivity index (χ0n) is 11.5. The number of sulfonamides is 1. The van der Waals surface area contributed by atoms with Gasteiger partial charge in [-0.3, -0.25) is 0 Å². The van der Waals surface area contributed by atoms with E-state index in [1.165, 1.54) is 25.7 Å². The molecule has 7 heteroatoms. The Kier molecular flexibility index (Phi) is 4.10. The van der Waals surface area contributed by atoms with Crippen LogP contribution in [-0.4, -0.2) is 30.8 Å². The zero-order valence-corrected chi connectivity index (χ0v) is 13.9. The van der Waals surface area contributed by atoms with Crippen LogP contribution in [0.4, 0.5) is 0 Å². The molecule has 0 N–H and O–H groups in total. The predicted molar refractivity (Wildman–Crippen MR) is 80.7 cm³/mol. The van der Waals surface area contributed by atoms with Gasteiger partial charge in [0.15, 0.2) is 8.68 Å². The van der Waals surface area contributed by atoms with E-state index in [1.807, 2.05) is 0 Å². The molecule has 1 saturated heterocycles. The van der Waals surface area contributed by atoms with Crippen molar-refractivity contribution in [3.63, 3.8) is 0 Å². The van der Waals surface area contributed by atoms with E-state index in [0.717, 1.165) is 23.7 Å². The van der Waals surface area contributed by atoms with Gasteiger partial charge in [-0.25, -0.2) is 13.4 Å². The lowest BCUT2D eigenvalue weighted by molar-refractivity contribution is 0.136. The largest absolute Gasteiger partial charge is 0.254 e. The van der Waals surface area contributed by atoms with E-state index in [-0.39, 0.29) is 0 Å². The third kappa shape index (κ3) is 2.63. The van der Waals surface area contributed by atoms with E-state index in [1.54, 1.807) is 11.2 Å². The van der Waals surface area contributed by atoms with Crippen molar-refractivity contribution in [3.05, 3.63) is 10.2 Å². The third-order valence-electron chi connectivity index (χ3n) is 4.56. The molecule has 1 aromatic rings. The van der Waals surface area contributed by atoms with Crippen LogP contribution >= 0.6 is 22.9 Å². The minimum absolute atomic E-state index is 0.300. The summed E-state index contributed by atoms with van der Waals surface area (Å²) in [4.78, 5) is 4.03. The number of thiazole rings is 1. The van der Waals surface area contributed by atoms with Gasteiger partial charge in [0.05, 0.1) is 5.69 Å². The Bertz CT molecular complexity index is 600. The van der Waals surface area contributed by atoms with Crippen molar-refractivity contribution in [1.29, 1.82) is 0 Å². The summed E-state index contributed by atoms with van der Waals surface area (Å²) in [6.07, 6.45) is 5.97. The molecule has 112 valence electrons. The number of hydrogen-bond donors (Lipinski definition) is 0. The predicted octanol–water partition coefficient (Wildman–Crippen LogP) is 3.31. The van der Waals surface area contributed by atoms with Gasteiger partial charge in [0.25, 0.3) is 10.0 Å². The number of hydrogen-bond acceptors (Lipinski definition) is 4. The first-order chi connectivity index (χ1) is 9.48. The maximum Gasteiger partial charge on any atom is 0.254 e. The summed E-state index contributed by atoms with van der Waals surface area (Å²) >= 11 is 6.91. The second-order valence-corrected chi connectivity index (χ2v) is 9.51. The van der Waals surface area contributed by atoms with Crippen LogP contribution < -0.4 is 0 Å². The van der Waals surface area contributed by atoms with E-state index < -0.39 is 10.0 Å². The number of aryl methyl sites for hydroxylation is 1. The molecule has 0 bridgehead atoms. The van der Waals surface area contributed by atoms with Crippen LogP contribution in [0, 0.1) is 18.8 Å². The molecular weight excluding hydrogens is 316 g/mol. The first-order valence-corrected chi connectivity index (χ1v) is 9.75. The fourth-order valence-corrected chi connectivity index (χ4v) is 6.88. The Balaban J connectivity index is 1.83. The summed E-state index contributed by atoms with van der Waals surface area (Å²) in [5.41, 5.74) is 0.519. The maximum absolute atomic E-state index is 12.7. The van der Waals surface area contributed by atoms with Gasteiger partial charge in [0, 0.05) is 13.1 Å². The summed E-state index contributed by atoms with van der Waals surface area (Å²) < 4.78 is 27.7. The molecule has 2 heterocycles. The third-order valence-corrected chi connectivity index (χ3v) is 8.27. The molecule has 0 aromatic carbocycles. The SMILES string of the molecule is Cc1nc(Cl)sc1S(=O)(=O)N1CCC2CCCCC2C1. The molecule has 3 rings (SSSR count). The van der Waals surface area contributed by atoms with E-state index in [2.05, 4.69) is 4.98 Å². The highest BCUT2D eigenvalue weighted by atomic mass is 35.5. The summed E-state index contributed by atoms with van der Waals surface area (Å²) in [5.74, 6) is 1.26. The minimum atomic E-state index is -3.42. The molecule has 4 nitrogen and oxygen atoms in total. The lowest BCUT2D eigenvalue weighted by Crippen LogP contribution is -2.44. The Labute approximate surface area is 129 Å². The van der Waals surface area contributed by atoms with Crippen LogP contribution in [0.2, 0.25) is 4.47 Å². The van der Waals surface area contributed by atoms with Crippen molar-refractivity contribution in [1.82, 2.24) is 9.29 Å². The molecule has 0 radical (unpaired) electrons. The average Bonchev–Trinajstić information content (AvgIpc) is 2.78. The van der Waals surface area contributed by atoms with Gasteiger partial charge in [-0.05, 0) is 31.6 Å². The number of nitrogens with zero attached hydrogens (tertiary/aromatic N) is 2. The average molecular weight is 335 g/mol. The second-order valence-electron chi connectivity index (χ2n) is 5.80. The van der Waals surface area contributed by atoms with Crippen molar-refractivity contribution < 1.29 is 8.42 Å². The maximum atomic E-state index is 12.7. The lowest BCUT2D eigenvalue weighted by atomic mass is 9.76. The summed E-state index contributed by atoms with van der Waals surface area (Å²) in [7, 11) is -3.42. The van der Waals surface area contributed by atoms with Gasteiger partial charge in [0.1, 0.15) is 0 Å². The Morgan fingerprint density at radius 1 is 1.25 bits per heavy atom. The molecular formula is C13H19ClN2O2S2. The first-order valence-electron chi connectivity index (χ1n) is 7.11. The fourth-order valence-electron chi connectivity index (χ4n) is 3.49. The van der Waals surface area contributed by atoms with Gasteiger partial charge in [0.2, 0.25) is 0 Å². The van der Waals surface area contributed by atoms with Crippen LogP contribution in [0.25, 0.3) is 0 Å². The molecule has 1 aliphatic carbocycles. The van der Waals surface area contributed by atoms with Gasteiger partial charge in [-0.15, -0.1) is 0 Å². The Morgan fingerprint density at radius 3 is 2.60 bits per heavy atom. The number of aromatic nitrogens is 1. The summed E-state index contributed by atoms with van der Waals surface area (Å²) in [5, 5.41) is 0. The van der Waals surface area contributed by atoms with Crippen LogP contribution in [0.1, 0.15) is 37.8 Å². The smallest absolute Gasteiger partial charge is 0.229 e. The molecule has 2 fully saturated rings. The van der Waals surface area contributed by atoms with Crippen molar-refractivity contribution in [2.75, 3.05) is 13.1 Å². The Morgan fingerprint density at radius 2 is 1.95 bits per heavy atom. The van der Waals surface area contributed by atoms with Crippen LogP contribution in [0.3, 0.4) is 0 Å². The van der Waals surface area contributed by atoms with Crippen LogP contribution in [0.15, 0.2) is 4.21 Å².